The molecule has 5 heteroatoms. The minimum Gasteiger partial charge on any atom is -0.494 e. The van der Waals surface area contributed by atoms with Crippen LogP contribution in [0.4, 0.5) is 0 Å². The van der Waals surface area contributed by atoms with E-state index in [1.165, 1.54) is 6.20 Å². The lowest BCUT2D eigenvalue weighted by Crippen LogP contribution is -2.24. The lowest BCUT2D eigenvalue weighted by Gasteiger charge is -2.06. The molecule has 0 bridgehead atoms. The van der Waals surface area contributed by atoms with Crippen LogP contribution in [-0.4, -0.2) is 16.6 Å². The lowest BCUT2D eigenvalue weighted by molar-refractivity contribution is 0.317. The van der Waals surface area contributed by atoms with Crippen molar-refractivity contribution in [3.05, 3.63) is 62.4 Å². The van der Waals surface area contributed by atoms with Gasteiger partial charge >= 0.3 is 5.69 Å². The summed E-state index contributed by atoms with van der Waals surface area (Å²) in [6.45, 7) is 2.71. The largest absolute Gasteiger partial charge is 0.494 e. The van der Waals surface area contributed by atoms with E-state index in [0.29, 0.717) is 18.6 Å². The van der Waals surface area contributed by atoms with Crippen molar-refractivity contribution < 1.29 is 4.74 Å². The van der Waals surface area contributed by atoms with Crippen LogP contribution >= 0.6 is 0 Å². The van der Waals surface area contributed by atoms with Gasteiger partial charge in [0, 0.05) is 18.2 Å². The van der Waals surface area contributed by atoms with Crippen LogP contribution in [0.15, 0.2) is 40.1 Å². The van der Waals surface area contributed by atoms with E-state index in [4.69, 9.17) is 4.74 Å². The first-order valence-corrected chi connectivity index (χ1v) is 6.21. The second kappa shape index (κ2) is 6.04. The van der Waals surface area contributed by atoms with E-state index in [9.17, 15) is 9.59 Å². The maximum absolute atomic E-state index is 11.6. The maximum atomic E-state index is 11.6. The molecule has 2 rings (SSSR count). The Hall–Kier alpha value is -2.30. The van der Waals surface area contributed by atoms with Crippen molar-refractivity contribution in [1.82, 2.24) is 9.97 Å². The Labute approximate surface area is 110 Å². The second-order valence-corrected chi connectivity index (χ2v) is 4.27. The quantitative estimate of drug-likeness (QED) is 0.854. The smallest absolute Gasteiger partial charge is 0.325 e. The Morgan fingerprint density at radius 3 is 2.84 bits per heavy atom. The van der Waals surface area contributed by atoms with Crippen LogP contribution in [-0.2, 0) is 6.42 Å². The van der Waals surface area contributed by atoms with Gasteiger partial charge in [-0.2, -0.15) is 0 Å². The van der Waals surface area contributed by atoms with Gasteiger partial charge in [0.1, 0.15) is 5.75 Å². The zero-order valence-corrected chi connectivity index (χ0v) is 10.7. The summed E-state index contributed by atoms with van der Waals surface area (Å²) in [6.07, 6.45) is 2.85. The normalized spacial score (nSPS) is 10.4. The summed E-state index contributed by atoms with van der Waals surface area (Å²) in [4.78, 5) is 27.2. The number of aromatic amines is 2. The Morgan fingerprint density at radius 2 is 2.11 bits per heavy atom. The van der Waals surface area contributed by atoms with Crippen LogP contribution in [0.3, 0.4) is 0 Å². The minimum atomic E-state index is -0.492. The summed E-state index contributed by atoms with van der Waals surface area (Å²) < 4.78 is 5.54. The maximum Gasteiger partial charge on any atom is 0.325 e. The summed E-state index contributed by atoms with van der Waals surface area (Å²) in [5.41, 5.74) is 0.635. The number of hydrogen-bond donors (Lipinski definition) is 2. The van der Waals surface area contributed by atoms with Crippen molar-refractivity contribution in [2.45, 2.75) is 19.8 Å². The number of H-pyrrole nitrogens is 2. The molecule has 0 amide bonds. The Balaban J connectivity index is 2.18. The van der Waals surface area contributed by atoms with Crippen LogP contribution in [0.25, 0.3) is 0 Å². The van der Waals surface area contributed by atoms with E-state index in [-0.39, 0.29) is 5.56 Å². The molecule has 0 saturated carbocycles. The molecule has 0 radical (unpaired) electrons. The zero-order valence-electron chi connectivity index (χ0n) is 10.7. The molecule has 2 N–H and O–H groups in total. The molecule has 0 aliphatic heterocycles. The summed E-state index contributed by atoms with van der Waals surface area (Å²) in [5.74, 6) is 0.792. The predicted octanol–water partition coefficient (Wildman–Crippen LogP) is 1.44. The van der Waals surface area contributed by atoms with Crippen LogP contribution in [0.5, 0.6) is 5.75 Å². The fourth-order valence-corrected chi connectivity index (χ4v) is 1.75. The summed E-state index contributed by atoms with van der Waals surface area (Å²) in [6, 6.07) is 7.60. The molecule has 0 atom stereocenters. The Bertz CT molecular complexity index is 658. The summed E-state index contributed by atoms with van der Waals surface area (Å²) in [5, 5.41) is 0. The third kappa shape index (κ3) is 3.58. The molecule has 1 aromatic carbocycles. The van der Waals surface area contributed by atoms with E-state index in [1.807, 2.05) is 31.2 Å². The number of aromatic nitrogens is 2. The van der Waals surface area contributed by atoms with Crippen LogP contribution in [0, 0.1) is 0 Å². The van der Waals surface area contributed by atoms with Gasteiger partial charge in [-0.25, -0.2) is 4.79 Å². The van der Waals surface area contributed by atoms with Gasteiger partial charge in [-0.3, -0.25) is 9.78 Å². The minimum absolute atomic E-state index is 0.358. The van der Waals surface area contributed by atoms with Gasteiger partial charge in [0.15, 0.2) is 0 Å². The SMILES string of the molecule is CCCOc1cccc(Cc2c[nH]c(=O)[nH]c2=O)c1. The molecular formula is C14H16N2O3. The highest BCUT2D eigenvalue weighted by atomic mass is 16.5. The molecule has 1 aromatic heterocycles. The third-order valence-electron chi connectivity index (χ3n) is 2.66. The first kappa shape index (κ1) is 13.1. The molecule has 0 aliphatic carbocycles. The first-order chi connectivity index (χ1) is 9.19. The average Bonchev–Trinajstić information content (AvgIpc) is 2.40. The van der Waals surface area contributed by atoms with Crippen molar-refractivity contribution in [2.24, 2.45) is 0 Å². The van der Waals surface area contributed by atoms with Crippen molar-refractivity contribution in [2.75, 3.05) is 6.61 Å². The van der Waals surface area contributed by atoms with E-state index < -0.39 is 5.69 Å². The zero-order chi connectivity index (χ0) is 13.7. The van der Waals surface area contributed by atoms with Gasteiger partial charge < -0.3 is 9.72 Å². The van der Waals surface area contributed by atoms with Crippen LogP contribution < -0.4 is 16.0 Å². The van der Waals surface area contributed by atoms with Gasteiger partial charge in [-0.1, -0.05) is 19.1 Å². The first-order valence-electron chi connectivity index (χ1n) is 6.21. The molecular weight excluding hydrogens is 244 g/mol. The number of hydrogen-bond acceptors (Lipinski definition) is 3. The average molecular weight is 260 g/mol. The number of benzene rings is 1. The van der Waals surface area contributed by atoms with E-state index in [2.05, 4.69) is 9.97 Å². The van der Waals surface area contributed by atoms with Gasteiger partial charge in [0.05, 0.1) is 6.61 Å². The molecule has 0 unspecified atom stereocenters. The lowest BCUT2D eigenvalue weighted by atomic mass is 10.1. The molecule has 0 fully saturated rings. The predicted molar refractivity (Wildman–Crippen MR) is 72.7 cm³/mol. The molecule has 19 heavy (non-hydrogen) atoms. The van der Waals surface area contributed by atoms with Gasteiger partial charge in [0.25, 0.3) is 5.56 Å². The van der Waals surface area contributed by atoms with Crippen molar-refractivity contribution in [3.63, 3.8) is 0 Å². The summed E-state index contributed by atoms with van der Waals surface area (Å²) >= 11 is 0. The van der Waals surface area contributed by atoms with Gasteiger partial charge in [-0.15, -0.1) is 0 Å². The van der Waals surface area contributed by atoms with Crippen molar-refractivity contribution in [3.8, 4) is 5.75 Å². The monoisotopic (exact) mass is 260 g/mol. The Kier molecular flexibility index (Phi) is 4.18. The molecule has 0 aliphatic rings. The highest BCUT2D eigenvalue weighted by molar-refractivity contribution is 5.31. The highest BCUT2D eigenvalue weighted by Gasteiger charge is 2.03. The number of ether oxygens (including phenoxy) is 1. The van der Waals surface area contributed by atoms with Gasteiger partial charge in [-0.05, 0) is 24.1 Å². The molecule has 5 nitrogen and oxygen atoms in total. The fourth-order valence-electron chi connectivity index (χ4n) is 1.75. The summed E-state index contributed by atoms with van der Waals surface area (Å²) in [7, 11) is 0. The number of rotatable bonds is 5. The Morgan fingerprint density at radius 1 is 1.26 bits per heavy atom. The molecule has 2 aromatic rings. The van der Waals surface area contributed by atoms with E-state index in [0.717, 1.165) is 17.7 Å². The van der Waals surface area contributed by atoms with E-state index in [1.54, 1.807) is 0 Å². The highest BCUT2D eigenvalue weighted by Crippen LogP contribution is 2.15. The molecule has 100 valence electrons. The van der Waals surface area contributed by atoms with Crippen LogP contribution in [0.1, 0.15) is 24.5 Å². The molecule has 1 heterocycles. The third-order valence-corrected chi connectivity index (χ3v) is 2.66. The van der Waals surface area contributed by atoms with Crippen molar-refractivity contribution >= 4 is 0 Å². The second-order valence-electron chi connectivity index (χ2n) is 4.27. The fraction of sp³-hybridized carbons (Fsp3) is 0.286. The van der Waals surface area contributed by atoms with Crippen molar-refractivity contribution in [1.29, 1.82) is 0 Å². The van der Waals surface area contributed by atoms with Crippen LogP contribution in [0.2, 0.25) is 0 Å². The molecule has 0 saturated heterocycles. The number of nitrogens with one attached hydrogen (secondary N) is 2. The van der Waals surface area contributed by atoms with Gasteiger partial charge in [0.2, 0.25) is 0 Å². The topological polar surface area (TPSA) is 75.0 Å². The standard InChI is InChI=1S/C14H16N2O3/c1-2-6-19-12-5-3-4-10(8-12)7-11-9-15-14(18)16-13(11)17/h3-5,8-9H,2,6-7H2,1H3,(H2,15,16,17,18). The molecule has 0 spiro atoms. The van der Waals surface area contributed by atoms with E-state index >= 15 is 0 Å².